The quantitative estimate of drug-likeness (QED) is 0.397. The van der Waals surface area contributed by atoms with Gasteiger partial charge in [0, 0.05) is 0 Å². The number of carbonyl (C=O) groups is 1. The minimum atomic E-state index is -0.355. The zero-order valence-electron chi connectivity index (χ0n) is 6.89. The number of ether oxygens (including phenoxy) is 1. The first-order chi connectivity index (χ1) is 5.56. The Bertz CT molecular complexity index is 175. The summed E-state index contributed by atoms with van der Waals surface area (Å²) in [4.78, 5) is 10.6. The molecule has 0 rings (SSSR count). The fraction of sp³-hybridized carbons (Fsp3) is 0.667. The second kappa shape index (κ2) is 6.02. The second-order valence-corrected chi connectivity index (χ2v) is 2.90. The number of nitrogens with one attached hydrogen (secondary N) is 2. The lowest BCUT2D eigenvalue weighted by Gasteiger charge is -2.12. The Morgan fingerprint density at radius 1 is 1.58 bits per heavy atom. The highest BCUT2D eigenvalue weighted by molar-refractivity contribution is 7.80. The van der Waals surface area contributed by atoms with Gasteiger partial charge in [0.05, 0.1) is 6.10 Å². The van der Waals surface area contributed by atoms with Crippen molar-refractivity contribution in [3.63, 3.8) is 0 Å². The maximum Gasteiger partial charge on any atom is 0.276 e. The zero-order valence-corrected chi connectivity index (χ0v) is 8.46. The van der Waals surface area contributed by atoms with Crippen molar-refractivity contribution in [3.8, 4) is 0 Å². The molecule has 1 amide bonds. The summed E-state index contributed by atoms with van der Waals surface area (Å²) in [6.45, 7) is 3.66. The molecule has 0 unspecified atom stereocenters. The molecule has 70 valence electrons. The average Bonchev–Trinajstić information content (AvgIpc) is 1.99. The fourth-order valence-corrected chi connectivity index (χ4v) is 0.708. The summed E-state index contributed by atoms with van der Waals surface area (Å²) in [6, 6.07) is 0. The van der Waals surface area contributed by atoms with Crippen molar-refractivity contribution in [2.75, 3.05) is 5.88 Å². The van der Waals surface area contributed by atoms with Gasteiger partial charge in [-0.25, -0.2) is 0 Å². The van der Waals surface area contributed by atoms with E-state index in [0.717, 1.165) is 0 Å². The summed E-state index contributed by atoms with van der Waals surface area (Å²) in [5, 5.41) is 0.128. The molecule has 0 saturated carbocycles. The van der Waals surface area contributed by atoms with E-state index in [9.17, 15) is 4.79 Å². The number of hydrogen-bond acceptors (Lipinski definition) is 3. The van der Waals surface area contributed by atoms with E-state index in [2.05, 4.69) is 10.9 Å². The molecule has 0 radical (unpaired) electrons. The van der Waals surface area contributed by atoms with E-state index in [1.165, 1.54) is 0 Å². The molecule has 0 aliphatic carbocycles. The summed E-state index contributed by atoms with van der Waals surface area (Å²) in [6.07, 6.45) is -0.0158. The molecule has 0 heterocycles. The Kier molecular flexibility index (Phi) is 5.74. The van der Waals surface area contributed by atoms with Crippen LogP contribution in [0.5, 0.6) is 0 Å². The van der Waals surface area contributed by atoms with Crippen LogP contribution in [0.25, 0.3) is 0 Å². The van der Waals surface area contributed by atoms with Crippen LogP contribution in [0, 0.1) is 0 Å². The third-order valence-corrected chi connectivity index (χ3v) is 1.21. The van der Waals surface area contributed by atoms with Gasteiger partial charge in [0.1, 0.15) is 5.88 Å². The van der Waals surface area contributed by atoms with Crippen LogP contribution in [0.3, 0.4) is 0 Å². The van der Waals surface area contributed by atoms with Gasteiger partial charge < -0.3 is 4.74 Å². The Morgan fingerprint density at radius 2 is 2.17 bits per heavy atom. The molecule has 12 heavy (non-hydrogen) atoms. The maximum atomic E-state index is 10.6. The Hall–Kier alpha value is -0.550. The van der Waals surface area contributed by atoms with Gasteiger partial charge in [-0.05, 0) is 26.1 Å². The largest absolute Gasteiger partial charge is 0.467 e. The highest BCUT2D eigenvalue weighted by Crippen LogP contribution is 1.87. The predicted octanol–water partition coefficient (Wildman–Crippen LogP) is 0.556. The van der Waals surface area contributed by atoms with Crippen LogP contribution in [0.4, 0.5) is 0 Å². The molecule has 6 heteroatoms. The molecule has 0 aromatic heterocycles. The summed E-state index contributed by atoms with van der Waals surface area (Å²) < 4.78 is 5.01. The van der Waals surface area contributed by atoms with Crippen molar-refractivity contribution in [3.05, 3.63) is 0 Å². The lowest BCUT2D eigenvalue weighted by molar-refractivity contribution is -0.119. The fourth-order valence-electron chi connectivity index (χ4n) is 0.398. The predicted molar refractivity (Wildman–Crippen MR) is 50.8 cm³/mol. The molecule has 2 N–H and O–H groups in total. The monoisotopic (exact) mass is 210 g/mol. The van der Waals surface area contributed by atoms with Crippen molar-refractivity contribution in [1.29, 1.82) is 0 Å². The molecule has 0 aromatic carbocycles. The molecular formula is C6H11ClN2O2S. The molecule has 0 fully saturated rings. The number of hydrogen-bond donors (Lipinski definition) is 2. The first-order valence-electron chi connectivity index (χ1n) is 3.37. The van der Waals surface area contributed by atoms with E-state index >= 15 is 0 Å². The SMILES string of the molecule is CC(C)OC(=S)NNC(=O)CCl. The lowest BCUT2D eigenvalue weighted by atomic mass is 10.5. The summed E-state index contributed by atoms with van der Waals surface area (Å²) in [5.74, 6) is -0.469. The van der Waals surface area contributed by atoms with Gasteiger partial charge in [0.15, 0.2) is 0 Å². The van der Waals surface area contributed by atoms with Crippen molar-refractivity contribution in [1.82, 2.24) is 10.9 Å². The Labute approximate surface area is 81.6 Å². The number of carbonyl (C=O) groups excluding carboxylic acids is 1. The Balaban J connectivity index is 3.51. The molecular weight excluding hydrogens is 200 g/mol. The number of alkyl halides is 1. The van der Waals surface area contributed by atoms with Crippen LogP contribution >= 0.6 is 23.8 Å². The topological polar surface area (TPSA) is 50.4 Å². The number of hydrazine groups is 1. The highest BCUT2D eigenvalue weighted by atomic mass is 35.5. The molecule has 4 nitrogen and oxygen atoms in total. The maximum absolute atomic E-state index is 10.6. The van der Waals surface area contributed by atoms with Gasteiger partial charge in [-0.3, -0.25) is 15.6 Å². The van der Waals surface area contributed by atoms with E-state index in [-0.39, 0.29) is 23.1 Å². The highest BCUT2D eigenvalue weighted by Gasteiger charge is 2.01. The summed E-state index contributed by atoms with van der Waals surface area (Å²) >= 11 is 9.91. The van der Waals surface area contributed by atoms with Crippen molar-refractivity contribution >= 4 is 34.9 Å². The molecule has 0 aromatic rings. The molecule has 0 aliphatic rings. The third-order valence-electron chi connectivity index (χ3n) is 0.768. The third kappa shape index (κ3) is 6.18. The van der Waals surface area contributed by atoms with E-state index < -0.39 is 0 Å². The second-order valence-electron chi connectivity index (χ2n) is 2.26. The first-order valence-corrected chi connectivity index (χ1v) is 4.32. The van der Waals surface area contributed by atoms with Gasteiger partial charge in [0.2, 0.25) is 0 Å². The van der Waals surface area contributed by atoms with Gasteiger partial charge in [-0.2, -0.15) is 0 Å². The smallest absolute Gasteiger partial charge is 0.276 e. The van der Waals surface area contributed by atoms with Gasteiger partial charge >= 0.3 is 0 Å². The van der Waals surface area contributed by atoms with Crippen molar-refractivity contribution in [2.24, 2.45) is 0 Å². The van der Waals surface area contributed by atoms with Crippen LogP contribution in [-0.4, -0.2) is 23.1 Å². The van der Waals surface area contributed by atoms with E-state index in [0.29, 0.717) is 0 Å². The molecule has 0 atom stereocenters. The molecule has 0 bridgehead atoms. The number of rotatable bonds is 2. The average molecular weight is 211 g/mol. The van der Waals surface area contributed by atoms with Gasteiger partial charge in [-0.1, -0.05) is 0 Å². The molecule has 0 saturated heterocycles. The van der Waals surface area contributed by atoms with Gasteiger partial charge in [-0.15, -0.1) is 11.6 Å². The first kappa shape index (κ1) is 11.4. The van der Waals surface area contributed by atoms with E-state index in [1.54, 1.807) is 0 Å². The number of amides is 1. The van der Waals surface area contributed by atoms with Crippen molar-refractivity contribution < 1.29 is 9.53 Å². The van der Waals surface area contributed by atoms with Crippen LogP contribution in [0.1, 0.15) is 13.8 Å². The molecule has 0 aliphatic heterocycles. The summed E-state index contributed by atoms with van der Waals surface area (Å²) in [5.41, 5.74) is 4.64. The zero-order chi connectivity index (χ0) is 9.56. The number of halogens is 1. The minimum Gasteiger partial charge on any atom is -0.467 e. The Morgan fingerprint density at radius 3 is 2.58 bits per heavy atom. The normalized spacial score (nSPS) is 9.33. The van der Waals surface area contributed by atoms with Crippen LogP contribution in [0.2, 0.25) is 0 Å². The van der Waals surface area contributed by atoms with Crippen LogP contribution in [-0.2, 0) is 9.53 Å². The van der Waals surface area contributed by atoms with Crippen LogP contribution < -0.4 is 10.9 Å². The van der Waals surface area contributed by atoms with Crippen LogP contribution in [0.15, 0.2) is 0 Å². The van der Waals surface area contributed by atoms with E-state index in [1.807, 2.05) is 13.8 Å². The lowest BCUT2D eigenvalue weighted by Crippen LogP contribution is -2.43. The van der Waals surface area contributed by atoms with Crippen molar-refractivity contribution in [2.45, 2.75) is 20.0 Å². The molecule has 0 spiro atoms. The standard InChI is InChI=1S/C6H11ClN2O2S/c1-4(2)11-6(12)9-8-5(10)3-7/h4H,3H2,1-2H3,(H,8,10)(H,9,12). The summed E-state index contributed by atoms with van der Waals surface area (Å²) in [7, 11) is 0. The van der Waals surface area contributed by atoms with Gasteiger partial charge in [0.25, 0.3) is 11.1 Å². The minimum absolute atomic E-state index is 0.0158. The number of thiocarbonyl (C=S) groups is 1. The van der Waals surface area contributed by atoms with E-state index in [4.69, 9.17) is 28.6 Å².